The van der Waals surface area contributed by atoms with Crippen molar-refractivity contribution in [2.75, 3.05) is 32.0 Å². The van der Waals surface area contributed by atoms with Gasteiger partial charge in [-0.1, -0.05) is 18.2 Å². The van der Waals surface area contributed by atoms with Gasteiger partial charge in [0, 0.05) is 30.9 Å². The van der Waals surface area contributed by atoms with Gasteiger partial charge in [-0.3, -0.25) is 4.90 Å². The normalized spacial score (nSPS) is 22.3. The first kappa shape index (κ1) is 12.8. The van der Waals surface area contributed by atoms with E-state index in [1.54, 1.807) is 6.07 Å². The highest BCUT2D eigenvalue weighted by molar-refractivity contribution is 5.47. The molecule has 2 unspecified atom stereocenters. The third-order valence-electron chi connectivity index (χ3n) is 3.08. The van der Waals surface area contributed by atoms with Crippen LogP contribution in [0.25, 0.3) is 0 Å². The van der Waals surface area contributed by atoms with Gasteiger partial charge in [-0.05, 0) is 6.07 Å². The Morgan fingerprint density at radius 3 is 3.06 bits per heavy atom. The number of nitrogen functional groups attached to an aromatic ring is 1. The summed E-state index contributed by atoms with van der Waals surface area (Å²) in [7, 11) is 0. The van der Waals surface area contributed by atoms with Gasteiger partial charge in [0.25, 0.3) is 0 Å². The molecule has 1 heterocycles. The fourth-order valence-electron chi connectivity index (χ4n) is 2.10. The number of nitriles is 1. The van der Waals surface area contributed by atoms with Gasteiger partial charge in [0.05, 0.1) is 18.8 Å². The standard InChI is InChI=1S/C13H17N3O2/c14-7-10-8-16(5-6-18-10)9-13(17)11-3-1-2-4-12(11)15/h1-4,10,13,17H,5-6,8-9,15H2. The van der Waals surface area contributed by atoms with Crippen LogP contribution in [0.5, 0.6) is 0 Å². The Kier molecular flexibility index (Phi) is 4.15. The number of hydrogen-bond donors (Lipinski definition) is 2. The maximum Gasteiger partial charge on any atom is 0.156 e. The molecule has 0 amide bonds. The summed E-state index contributed by atoms with van der Waals surface area (Å²) in [4.78, 5) is 2.02. The number of aliphatic hydroxyl groups excluding tert-OH is 1. The number of nitrogens with two attached hydrogens (primary N) is 1. The number of hydrogen-bond acceptors (Lipinski definition) is 5. The second-order valence-electron chi connectivity index (χ2n) is 4.39. The monoisotopic (exact) mass is 247 g/mol. The van der Waals surface area contributed by atoms with E-state index in [0.29, 0.717) is 25.4 Å². The van der Waals surface area contributed by atoms with Crippen LogP contribution in [0.3, 0.4) is 0 Å². The van der Waals surface area contributed by atoms with Crippen LogP contribution in [-0.4, -0.2) is 42.4 Å². The van der Waals surface area contributed by atoms with Crippen molar-refractivity contribution in [3.63, 3.8) is 0 Å². The second kappa shape index (κ2) is 5.83. The zero-order chi connectivity index (χ0) is 13.0. The van der Waals surface area contributed by atoms with Crippen LogP contribution in [0.4, 0.5) is 5.69 Å². The molecule has 0 bridgehead atoms. The van der Waals surface area contributed by atoms with Crippen molar-refractivity contribution in [2.45, 2.75) is 12.2 Å². The van der Waals surface area contributed by atoms with Crippen molar-refractivity contribution in [3.8, 4) is 6.07 Å². The summed E-state index contributed by atoms with van der Waals surface area (Å²) >= 11 is 0. The van der Waals surface area contributed by atoms with Crippen molar-refractivity contribution in [1.82, 2.24) is 4.90 Å². The van der Waals surface area contributed by atoms with E-state index >= 15 is 0 Å². The third kappa shape index (κ3) is 2.99. The zero-order valence-electron chi connectivity index (χ0n) is 10.1. The second-order valence-corrected chi connectivity index (χ2v) is 4.39. The average Bonchev–Trinajstić information content (AvgIpc) is 2.39. The number of rotatable bonds is 3. The predicted octanol–water partition coefficient (Wildman–Crippen LogP) is 0.527. The molecule has 1 fully saturated rings. The molecular weight excluding hydrogens is 230 g/mol. The summed E-state index contributed by atoms with van der Waals surface area (Å²) in [5, 5.41) is 19.0. The summed E-state index contributed by atoms with van der Waals surface area (Å²) in [6.45, 7) is 2.24. The summed E-state index contributed by atoms with van der Waals surface area (Å²) in [6.07, 6.45) is -1.04. The molecule has 0 radical (unpaired) electrons. The first-order valence-electron chi connectivity index (χ1n) is 5.96. The number of morpholine rings is 1. The quantitative estimate of drug-likeness (QED) is 0.761. The first-order chi connectivity index (χ1) is 8.70. The molecule has 1 aliphatic heterocycles. The summed E-state index contributed by atoms with van der Waals surface area (Å²) in [5.74, 6) is 0. The molecule has 1 aromatic carbocycles. The number of aliphatic hydroxyl groups is 1. The van der Waals surface area contributed by atoms with Crippen LogP contribution in [0.2, 0.25) is 0 Å². The molecule has 0 aromatic heterocycles. The molecular formula is C13H17N3O2. The number of ether oxygens (including phenoxy) is 1. The molecule has 1 aliphatic rings. The van der Waals surface area contributed by atoms with Crippen LogP contribution >= 0.6 is 0 Å². The van der Waals surface area contributed by atoms with Crippen LogP contribution in [0, 0.1) is 11.3 Å². The fourth-order valence-corrected chi connectivity index (χ4v) is 2.10. The minimum Gasteiger partial charge on any atom is -0.398 e. The molecule has 5 heteroatoms. The molecule has 0 aliphatic carbocycles. The van der Waals surface area contributed by atoms with Crippen LogP contribution in [0.1, 0.15) is 11.7 Å². The molecule has 2 atom stereocenters. The molecule has 0 saturated carbocycles. The lowest BCUT2D eigenvalue weighted by Crippen LogP contribution is -2.43. The van der Waals surface area contributed by atoms with E-state index in [2.05, 4.69) is 6.07 Å². The van der Waals surface area contributed by atoms with Gasteiger partial charge >= 0.3 is 0 Å². The van der Waals surface area contributed by atoms with Crippen molar-refractivity contribution >= 4 is 5.69 Å². The van der Waals surface area contributed by atoms with E-state index < -0.39 is 12.2 Å². The smallest absolute Gasteiger partial charge is 0.156 e. The number of β-amino-alcohol motifs (C(OH)–C–C–N with tert-alkyl or cyclic N) is 1. The highest BCUT2D eigenvalue weighted by Gasteiger charge is 2.22. The van der Waals surface area contributed by atoms with E-state index in [-0.39, 0.29) is 0 Å². The maximum absolute atomic E-state index is 10.2. The van der Waals surface area contributed by atoms with E-state index in [1.165, 1.54) is 0 Å². The van der Waals surface area contributed by atoms with Gasteiger partial charge in [-0.25, -0.2) is 0 Å². The molecule has 1 aromatic rings. The molecule has 5 nitrogen and oxygen atoms in total. The topological polar surface area (TPSA) is 82.5 Å². The molecule has 0 spiro atoms. The van der Waals surface area contributed by atoms with E-state index in [1.807, 2.05) is 23.1 Å². The molecule has 96 valence electrons. The van der Waals surface area contributed by atoms with Crippen molar-refractivity contribution in [1.29, 1.82) is 5.26 Å². The lowest BCUT2D eigenvalue weighted by atomic mass is 10.1. The van der Waals surface area contributed by atoms with Gasteiger partial charge in [0.2, 0.25) is 0 Å². The van der Waals surface area contributed by atoms with Crippen molar-refractivity contribution in [2.24, 2.45) is 0 Å². The fraction of sp³-hybridized carbons (Fsp3) is 0.462. The van der Waals surface area contributed by atoms with Crippen LogP contribution in [0.15, 0.2) is 24.3 Å². The maximum atomic E-state index is 10.2. The van der Waals surface area contributed by atoms with E-state index in [9.17, 15) is 5.11 Å². The lowest BCUT2D eigenvalue weighted by Gasteiger charge is -2.31. The van der Waals surface area contributed by atoms with Gasteiger partial charge < -0.3 is 15.6 Å². The van der Waals surface area contributed by atoms with Crippen LogP contribution in [-0.2, 0) is 4.74 Å². The minimum atomic E-state index is -0.636. The Morgan fingerprint density at radius 1 is 1.56 bits per heavy atom. The van der Waals surface area contributed by atoms with Gasteiger partial charge in [0.1, 0.15) is 0 Å². The average molecular weight is 247 g/mol. The third-order valence-corrected chi connectivity index (χ3v) is 3.08. The minimum absolute atomic E-state index is 0.404. The Balaban J connectivity index is 1.97. The van der Waals surface area contributed by atoms with Gasteiger partial charge in [-0.15, -0.1) is 0 Å². The van der Waals surface area contributed by atoms with Crippen molar-refractivity contribution < 1.29 is 9.84 Å². The SMILES string of the molecule is N#CC1CN(CC(O)c2ccccc2N)CCO1. The largest absolute Gasteiger partial charge is 0.398 e. The first-order valence-corrected chi connectivity index (χ1v) is 5.96. The van der Waals surface area contributed by atoms with E-state index in [4.69, 9.17) is 15.7 Å². The summed E-state index contributed by atoms with van der Waals surface area (Å²) in [5.41, 5.74) is 7.15. The zero-order valence-corrected chi connectivity index (χ0v) is 10.1. The van der Waals surface area contributed by atoms with Gasteiger partial charge in [-0.2, -0.15) is 5.26 Å². The molecule has 18 heavy (non-hydrogen) atoms. The summed E-state index contributed by atoms with van der Waals surface area (Å²) < 4.78 is 5.26. The molecule has 1 saturated heterocycles. The highest BCUT2D eigenvalue weighted by atomic mass is 16.5. The van der Waals surface area contributed by atoms with Crippen molar-refractivity contribution in [3.05, 3.63) is 29.8 Å². The Morgan fingerprint density at radius 2 is 2.33 bits per heavy atom. The molecule has 2 rings (SSSR count). The highest BCUT2D eigenvalue weighted by Crippen LogP contribution is 2.21. The Labute approximate surface area is 106 Å². The van der Waals surface area contributed by atoms with E-state index in [0.717, 1.165) is 12.1 Å². The number of nitrogens with zero attached hydrogens (tertiary/aromatic N) is 2. The van der Waals surface area contributed by atoms with Gasteiger partial charge in [0.15, 0.2) is 6.10 Å². The Bertz CT molecular complexity index is 444. The van der Waals surface area contributed by atoms with Crippen LogP contribution < -0.4 is 5.73 Å². The number of benzene rings is 1. The summed E-state index contributed by atoms with van der Waals surface area (Å²) in [6, 6.07) is 9.38. The number of anilines is 1. The lowest BCUT2D eigenvalue weighted by molar-refractivity contribution is -0.0158. The number of para-hydroxylation sites is 1. The molecule has 3 N–H and O–H groups in total. The predicted molar refractivity (Wildman–Crippen MR) is 67.6 cm³/mol. The Hall–Kier alpha value is -1.61.